The fourth-order valence-corrected chi connectivity index (χ4v) is 4.70. The molecule has 31 heavy (non-hydrogen) atoms. The van der Waals surface area contributed by atoms with Crippen molar-refractivity contribution in [1.82, 2.24) is 9.62 Å². The molecule has 11 heteroatoms. The maximum Gasteiger partial charge on any atom is 0.387 e. The molecule has 0 radical (unpaired) electrons. The summed E-state index contributed by atoms with van der Waals surface area (Å²) in [5, 5.41) is 3.03. The Labute approximate surface area is 184 Å². The van der Waals surface area contributed by atoms with Crippen molar-refractivity contribution in [3.05, 3.63) is 53.6 Å². The van der Waals surface area contributed by atoms with E-state index in [2.05, 4.69) is 14.8 Å². The zero-order valence-corrected chi connectivity index (χ0v) is 18.0. The molecule has 1 aliphatic rings. The highest BCUT2D eigenvalue weighted by molar-refractivity contribution is 7.89. The van der Waals surface area contributed by atoms with Gasteiger partial charge in [-0.2, -0.15) is 8.78 Å². The van der Waals surface area contributed by atoms with Crippen LogP contribution in [0, 0.1) is 0 Å². The molecule has 0 unspecified atom stereocenters. The molecule has 168 valence electrons. The number of alkyl halides is 2. The van der Waals surface area contributed by atoms with Crippen LogP contribution in [0.2, 0.25) is 5.02 Å². The van der Waals surface area contributed by atoms with Crippen LogP contribution in [-0.4, -0.2) is 51.5 Å². The second-order valence-electron chi connectivity index (χ2n) is 7.05. The SMILES string of the molecule is O=C(CN1CCC(NS(=O)(=O)c2ccc(Cl)cc2)CC1)Nc1ccccc1OC(F)F. The van der Waals surface area contributed by atoms with Crippen molar-refractivity contribution in [2.75, 3.05) is 25.0 Å². The van der Waals surface area contributed by atoms with Gasteiger partial charge in [-0.25, -0.2) is 13.1 Å². The molecule has 1 heterocycles. The van der Waals surface area contributed by atoms with Crippen molar-refractivity contribution >= 4 is 33.2 Å². The number of nitrogens with zero attached hydrogens (tertiary/aromatic N) is 1. The van der Waals surface area contributed by atoms with E-state index in [4.69, 9.17) is 11.6 Å². The van der Waals surface area contributed by atoms with Gasteiger partial charge < -0.3 is 10.1 Å². The first-order valence-corrected chi connectivity index (χ1v) is 11.4. The Balaban J connectivity index is 1.49. The van der Waals surface area contributed by atoms with Gasteiger partial charge in [0.25, 0.3) is 0 Å². The van der Waals surface area contributed by atoms with Crippen LogP contribution in [0.3, 0.4) is 0 Å². The second-order valence-corrected chi connectivity index (χ2v) is 9.20. The van der Waals surface area contributed by atoms with Crippen molar-refractivity contribution in [2.24, 2.45) is 0 Å². The summed E-state index contributed by atoms with van der Waals surface area (Å²) in [5.41, 5.74) is 0.165. The number of anilines is 1. The van der Waals surface area contributed by atoms with E-state index in [1.165, 1.54) is 42.5 Å². The molecule has 2 N–H and O–H groups in total. The maximum absolute atomic E-state index is 12.5. The predicted molar refractivity (Wildman–Crippen MR) is 113 cm³/mol. The highest BCUT2D eigenvalue weighted by Gasteiger charge is 2.25. The van der Waals surface area contributed by atoms with E-state index in [0.717, 1.165) is 0 Å². The number of hydrogen-bond acceptors (Lipinski definition) is 5. The van der Waals surface area contributed by atoms with E-state index in [1.54, 1.807) is 6.07 Å². The maximum atomic E-state index is 12.5. The van der Waals surface area contributed by atoms with E-state index in [1.807, 2.05) is 4.90 Å². The Morgan fingerprint density at radius 1 is 1.13 bits per heavy atom. The normalized spacial score (nSPS) is 15.7. The van der Waals surface area contributed by atoms with Gasteiger partial charge in [0.15, 0.2) is 0 Å². The van der Waals surface area contributed by atoms with Crippen LogP contribution in [-0.2, 0) is 14.8 Å². The number of carbonyl (C=O) groups excluding carboxylic acids is 1. The van der Waals surface area contributed by atoms with E-state index in [-0.39, 0.29) is 34.8 Å². The number of amides is 1. The molecule has 1 aliphatic heterocycles. The number of rotatable bonds is 8. The van der Waals surface area contributed by atoms with Gasteiger partial charge in [0.1, 0.15) is 5.75 Å². The first kappa shape index (κ1) is 23.4. The van der Waals surface area contributed by atoms with Crippen LogP contribution < -0.4 is 14.8 Å². The Kier molecular flexibility index (Phi) is 7.82. The first-order chi connectivity index (χ1) is 14.7. The number of para-hydroxylation sites is 2. The lowest BCUT2D eigenvalue weighted by Crippen LogP contribution is -2.46. The molecule has 0 aromatic heterocycles. The van der Waals surface area contributed by atoms with E-state index >= 15 is 0 Å². The Bertz CT molecular complexity index is 998. The predicted octanol–water partition coefficient (Wildman–Crippen LogP) is 3.32. The fraction of sp³-hybridized carbons (Fsp3) is 0.350. The zero-order chi connectivity index (χ0) is 22.4. The zero-order valence-electron chi connectivity index (χ0n) is 16.4. The third-order valence-corrected chi connectivity index (χ3v) is 6.57. The van der Waals surface area contributed by atoms with Crippen LogP contribution in [0.15, 0.2) is 53.4 Å². The minimum Gasteiger partial charge on any atom is -0.433 e. The molecule has 2 aromatic rings. The largest absolute Gasteiger partial charge is 0.433 e. The molecule has 1 fully saturated rings. The summed E-state index contributed by atoms with van der Waals surface area (Å²) in [6.07, 6.45) is 1.07. The standard InChI is InChI=1S/C20H22ClF2N3O4S/c21-14-5-7-16(8-6-14)31(28,29)25-15-9-11-26(12-10-15)13-19(27)24-17-3-1-2-4-18(17)30-20(22)23/h1-8,15,20,25H,9-13H2,(H,24,27). The molecule has 0 bridgehead atoms. The lowest BCUT2D eigenvalue weighted by Gasteiger charge is -2.31. The second kappa shape index (κ2) is 10.4. The number of likely N-dealkylation sites (tertiary alicyclic amines) is 1. The molecular formula is C20H22ClF2N3O4S. The van der Waals surface area contributed by atoms with Gasteiger partial charge in [0.05, 0.1) is 17.1 Å². The quantitative estimate of drug-likeness (QED) is 0.614. The van der Waals surface area contributed by atoms with Gasteiger partial charge in [-0.05, 0) is 49.2 Å². The van der Waals surface area contributed by atoms with Crippen molar-refractivity contribution in [1.29, 1.82) is 0 Å². The highest BCUT2D eigenvalue weighted by atomic mass is 35.5. The minimum atomic E-state index is -3.65. The minimum absolute atomic E-state index is 0.0552. The summed E-state index contributed by atoms with van der Waals surface area (Å²) in [7, 11) is -3.65. The molecule has 7 nitrogen and oxygen atoms in total. The number of hydrogen-bond donors (Lipinski definition) is 2. The molecular weight excluding hydrogens is 452 g/mol. The number of ether oxygens (including phenoxy) is 1. The summed E-state index contributed by atoms with van der Waals surface area (Å²) in [5.74, 6) is -0.480. The van der Waals surface area contributed by atoms with Crippen LogP contribution in [0.5, 0.6) is 5.75 Å². The molecule has 0 aliphatic carbocycles. The third kappa shape index (κ3) is 6.86. The number of benzene rings is 2. The van der Waals surface area contributed by atoms with Gasteiger partial charge >= 0.3 is 6.61 Å². The average molecular weight is 474 g/mol. The van der Waals surface area contributed by atoms with Crippen LogP contribution in [0.1, 0.15) is 12.8 Å². The summed E-state index contributed by atoms with van der Waals surface area (Å²) < 4.78 is 57.0. The Morgan fingerprint density at radius 3 is 2.42 bits per heavy atom. The summed E-state index contributed by atoms with van der Waals surface area (Å²) >= 11 is 5.80. The van der Waals surface area contributed by atoms with Crippen LogP contribution in [0.25, 0.3) is 0 Å². The monoisotopic (exact) mass is 473 g/mol. The number of carbonyl (C=O) groups is 1. The highest BCUT2D eigenvalue weighted by Crippen LogP contribution is 2.25. The molecule has 2 aromatic carbocycles. The Morgan fingerprint density at radius 2 is 1.77 bits per heavy atom. The van der Waals surface area contributed by atoms with Gasteiger partial charge in [-0.15, -0.1) is 0 Å². The van der Waals surface area contributed by atoms with E-state index in [9.17, 15) is 22.0 Å². The summed E-state index contributed by atoms with van der Waals surface area (Å²) in [6, 6.07) is 11.6. The lowest BCUT2D eigenvalue weighted by atomic mass is 10.1. The first-order valence-electron chi connectivity index (χ1n) is 9.57. The van der Waals surface area contributed by atoms with Crippen molar-refractivity contribution < 1.29 is 26.7 Å². The average Bonchev–Trinajstić information content (AvgIpc) is 2.71. The van der Waals surface area contributed by atoms with Gasteiger partial charge in [-0.3, -0.25) is 9.69 Å². The lowest BCUT2D eigenvalue weighted by molar-refractivity contribution is -0.117. The van der Waals surface area contributed by atoms with E-state index in [0.29, 0.717) is 31.0 Å². The summed E-state index contributed by atoms with van der Waals surface area (Å²) in [6.45, 7) is -1.92. The summed E-state index contributed by atoms with van der Waals surface area (Å²) in [4.78, 5) is 14.3. The van der Waals surface area contributed by atoms with Crippen molar-refractivity contribution in [3.8, 4) is 5.75 Å². The number of piperidine rings is 1. The van der Waals surface area contributed by atoms with Crippen molar-refractivity contribution in [3.63, 3.8) is 0 Å². The van der Waals surface area contributed by atoms with Crippen molar-refractivity contribution in [2.45, 2.75) is 30.4 Å². The third-order valence-electron chi connectivity index (χ3n) is 4.78. The molecule has 0 atom stereocenters. The number of halogens is 3. The van der Waals surface area contributed by atoms with Gasteiger partial charge in [0.2, 0.25) is 15.9 Å². The topological polar surface area (TPSA) is 87.7 Å². The molecule has 0 spiro atoms. The smallest absolute Gasteiger partial charge is 0.387 e. The molecule has 0 saturated carbocycles. The van der Waals surface area contributed by atoms with Crippen LogP contribution >= 0.6 is 11.6 Å². The number of nitrogens with one attached hydrogen (secondary N) is 2. The molecule has 3 rings (SSSR count). The fourth-order valence-electron chi connectivity index (χ4n) is 3.27. The van der Waals surface area contributed by atoms with Gasteiger partial charge in [-0.1, -0.05) is 23.7 Å². The van der Waals surface area contributed by atoms with E-state index < -0.39 is 16.6 Å². The molecule has 1 saturated heterocycles. The van der Waals surface area contributed by atoms with Gasteiger partial charge in [0, 0.05) is 24.2 Å². The number of sulfonamides is 1. The Hall–Kier alpha value is -2.27. The van der Waals surface area contributed by atoms with Crippen LogP contribution in [0.4, 0.5) is 14.5 Å². The molecule has 1 amide bonds.